The van der Waals surface area contributed by atoms with E-state index in [1.54, 1.807) is 11.8 Å². The van der Waals surface area contributed by atoms with E-state index in [1.165, 1.54) is 5.56 Å². The molecule has 1 N–H and O–H groups in total. The number of benzene rings is 2. The predicted octanol–water partition coefficient (Wildman–Crippen LogP) is 4.96. The van der Waals surface area contributed by atoms with Gasteiger partial charge in [-0.2, -0.15) is 0 Å². The Morgan fingerprint density at radius 1 is 0.968 bits per heavy atom. The Labute approximate surface area is 192 Å². The van der Waals surface area contributed by atoms with Crippen molar-refractivity contribution in [3.63, 3.8) is 0 Å². The van der Waals surface area contributed by atoms with Gasteiger partial charge >= 0.3 is 0 Å². The minimum Gasteiger partial charge on any atom is -0.355 e. The molecule has 160 valence electrons. The highest BCUT2D eigenvalue weighted by Crippen LogP contribution is 2.25. The molecule has 0 radical (unpaired) electrons. The smallest absolute Gasteiger partial charge is 0.223 e. The number of piperidine rings is 1. The third-order valence-electron chi connectivity index (χ3n) is 5.43. The highest BCUT2D eigenvalue weighted by molar-refractivity contribution is 7.98. The molecule has 1 aliphatic rings. The molecule has 1 amide bonds. The van der Waals surface area contributed by atoms with Crippen molar-refractivity contribution in [1.82, 2.24) is 15.5 Å². The van der Waals surface area contributed by atoms with E-state index in [1.807, 2.05) is 54.6 Å². The Morgan fingerprint density at radius 2 is 1.71 bits per heavy atom. The Balaban J connectivity index is 1.22. The minimum atomic E-state index is 0.0391. The molecule has 1 aromatic heterocycles. The van der Waals surface area contributed by atoms with Gasteiger partial charge < -0.3 is 10.2 Å². The summed E-state index contributed by atoms with van der Waals surface area (Å²) in [6, 6.07) is 22.0. The van der Waals surface area contributed by atoms with Crippen LogP contribution >= 0.6 is 23.4 Å². The molecule has 4 rings (SSSR count). The first-order valence-corrected chi connectivity index (χ1v) is 11.8. The van der Waals surface area contributed by atoms with Gasteiger partial charge in [0.1, 0.15) is 5.03 Å². The molecule has 7 heteroatoms. The van der Waals surface area contributed by atoms with Crippen LogP contribution in [0.1, 0.15) is 24.0 Å². The lowest BCUT2D eigenvalue weighted by Gasteiger charge is -2.31. The molecule has 0 aliphatic carbocycles. The third-order valence-corrected chi connectivity index (χ3v) is 6.67. The van der Waals surface area contributed by atoms with Gasteiger partial charge in [0.25, 0.3) is 0 Å². The van der Waals surface area contributed by atoms with Gasteiger partial charge in [0.2, 0.25) is 5.91 Å². The van der Waals surface area contributed by atoms with Gasteiger partial charge in [-0.3, -0.25) is 4.79 Å². The lowest BCUT2D eigenvalue weighted by molar-refractivity contribution is -0.125. The van der Waals surface area contributed by atoms with Crippen LogP contribution in [0.15, 0.2) is 71.8 Å². The van der Waals surface area contributed by atoms with Crippen LogP contribution in [0, 0.1) is 5.92 Å². The van der Waals surface area contributed by atoms with E-state index in [-0.39, 0.29) is 11.8 Å². The number of aromatic nitrogens is 2. The van der Waals surface area contributed by atoms with Gasteiger partial charge in [-0.15, -0.1) is 10.2 Å². The molecule has 2 heterocycles. The summed E-state index contributed by atoms with van der Waals surface area (Å²) in [5.41, 5.74) is 2.32. The van der Waals surface area contributed by atoms with E-state index in [0.717, 1.165) is 48.1 Å². The van der Waals surface area contributed by atoms with Crippen LogP contribution in [-0.4, -0.2) is 29.2 Å². The van der Waals surface area contributed by atoms with E-state index < -0.39 is 0 Å². The average Bonchev–Trinajstić information content (AvgIpc) is 2.83. The summed E-state index contributed by atoms with van der Waals surface area (Å²) in [5, 5.41) is 13.5. The first-order valence-electron chi connectivity index (χ1n) is 10.4. The van der Waals surface area contributed by atoms with Crippen LogP contribution in [0.25, 0.3) is 0 Å². The number of thioether (sulfide) groups is 1. The second kappa shape index (κ2) is 10.6. The number of nitrogens with zero attached hydrogens (tertiary/aromatic N) is 3. The maximum atomic E-state index is 12.5. The maximum Gasteiger partial charge on any atom is 0.223 e. The Kier molecular flexibility index (Phi) is 7.43. The number of amides is 1. The maximum absolute atomic E-state index is 12.5. The van der Waals surface area contributed by atoms with E-state index in [4.69, 9.17) is 11.6 Å². The predicted molar refractivity (Wildman–Crippen MR) is 126 cm³/mol. The summed E-state index contributed by atoms with van der Waals surface area (Å²) in [7, 11) is 0. The summed E-state index contributed by atoms with van der Waals surface area (Å²) in [5.74, 6) is 1.92. The van der Waals surface area contributed by atoms with Crippen LogP contribution in [0.4, 0.5) is 5.82 Å². The summed E-state index contributed by atoms with van der Waals surface area (Å²) in [6.45, 7) is 2.15. The molecule has 0 unspecified atom stereocenters. The van der Waals surface area contributed by atoms with Crippen molar-refractivity contribution < 1.29 is 4.79 Å². The SMILES string of the molecule is O=C(NCc1ccc(Cl)cc1)C1CCN(c2ccc(SCc3ccccc3)nn2)CC1. The van der Waals surface area contributed by atoms with Crippen molar-refractivity contribution in [2.75, 3.05) is 18.0 Å². The van der Waals surface area contributed by atoms with Crippen molar-refractivity contribution in [3.05, 3.63) is 82.9 Å². The molecular weight excluding hydrogens is 428 g/mol. The van der Waals surface area contributed by atoms with Crippen molar-refractivity contribution >= 4 is 35.1 Å². The van der Waals surface area contributed by atoms with Crippen LogP contribution in [0.2, 0.25) is 5.02 Å². The molecular formula is C24H25ClN4OS. The fraction of sp³-hybridized carbons (Fsp3) is 0.292. The van der Waals surface area contributed by atoms with E-state index >= 15 is 0 Å². The zero-order chi connectivity index (χ0) is 21.5. The fourth-order valence-corrected chi connectivity index (χ4v) is 4.49. The second-order valence-corrected chi connectivity index (χ2v) is 9.04. The lowest BCUT2D eigenvalue weighted by atomic mass is 9.96. The Bertz CT molecular complexity index is 975. The number of rotatable bonds is 7. The topological polar surface area (TPSA) is 58.1 Å². The molecule has 0 atom stereocenters. The molecule has 31 heavy (non-hydrogen) atoms. The van der Waals surface area contributed by atoms with Crippen LogP contribution in [0.5, 0.6) is 0 Å². The molecule has 0 spiro atoms. The third kappa shape index (κ3) is 6.21. The molecule has 0 saturated carbocycles. The van der Waals surface area contributed by atoms with Crippen LogP contribution in [0.3, 0.4) is 0 Å². The quantitative estimate of drug-likeness (QED) is 0.513. The first kappa shape index (κ1) is 21.7. The standard InChI is InChI=1S/C24H25ClN4OS/c25-21-8-6-18(7-9-21)16-26-24(30)20-12-14-29(15-13-20)22-10-11-23(28-27-22)31-17-19-4-2-1-3-5-19/h1-11,20H,12-17H2,(H,26,30). The number of hydrogen-bond acceptors (Lipinski definition) is 5. The van der Waals surface area contributed by atoms with Crippen LogP contribution in [-0.2, 0) is 17.1 Å². The summed E-state index contributed by atoms with van der Waals surface area (Å²) in [6.07, 6.45) is 1.64. The molecule has 2 aromatic carbocycles. The van der Waals surface area contributed by atoms with Crippen molar-refractivity contribution in [2.24, 2.45) is 5.92 Å². The highest BCUT2D eigenvalue weighted by Gasteiger charge is 2.25. The van der Waals surface area contributed by atoms with E-state index in [9.17, 15) is 4.79 Å². The number of carbonyl (C=O) groups excluding carboxylic acids is 1. The van der Waals surface area contributed by atoms with Crippen molar-refractivity contribution in [2.45, 2.75) is 30.2 Å². The largest absolute Gasteiger partial charge is 0.355 e. The van der Waals surface area contributed by atoms with Gasteiger partial charge in [0.05, 0.1) is 0 Å². The van der Waals surface area contributed by atoms with Gasteiger partial charge in [0.15, 0.2) is 5.82 Å². The monoisotopic (exact) mass is 452 g/mol. The summed E-state index contributed by atoms with van der Waals surface area (Å²) < 4.78 is 0. The molecule has 5 nitrogen and oxygen atoms in total. The van der Waals surface area contributed by atoms with Gasteiger partial charge in [-0.25, -0.2) is 0 Å². The first-order chi connectivity index (χ1) is 15.2. The Morgan fingerprint density at radius 3 is 2.39 bits per heavy atom. The number of halogens is 1. The average molecular weight is 453 g/mol. The zero-order valence-corrected chi connectivity index (χ0v) is 18.8. The number of carbonyl (C=O) groups is 1. The summed E-state index contributed by atoms with van der Waals surface area (Å²) in [4.78, 5) is 14.7. The molecule has 1 saturated heterocycles. The Hall–Kier alpha value is -2.57. The fourth-order valence-electron chi connectivity index (χ4n) is 3.60. The van der Waals surface area contributed by atoms with Crippen molar-refractivity contribution in [3.8, 4) is 0 Å². The molecule has 0 bridgehead atoms. The second-order valence-electron chi connectivity index (χ2n) is 7.61. The van der Waals surface area contributed by atoms with E-state index in [0.29, 0.717) is 11.6 Å². The van der Waals surface area contributed by atoms with Crippen molar-refractivity contribution in [1.29, 1.82) is 0 Å². The normalized spacial score (nSPS) is 14.4. The number of nitrogens with one attached hydrogen (secondary N) is 1. The number of hydrogen-bond donors (Lipinski definition) is 1. The van der Waals surface area contributed by atoms with Gasteiger partial charge in [-0.05, 0) is 48.2 Å². The molecule has 1 fully saturated rings. The minimum absolute atomic E-state index is 0.0391. The molecule has 3 aromatic rings. The van der Waals surface area contributed by atoms with Crippen LogP contribution < -0.4 is 10.2 Å². The van der Waals surface area contributed by atoms with E-state index in [2.05, 4.69) is 32.5 Å². The highest BCUT2D eigenvalue weighted by atomic mass is 35.5. The van der Waals surface area contributed by atoms with Gasteiger partial charge in [0, 0.05) is 36.3 Å². The molecule has 1 aliphatic heterocycles. The summed E-state index contributed by atoms with van der Waals surface area (Å²) >= 11 is 7.59. The lowest BCUT2D eigenvalue weighted by Crippen LogP contribution is -2.40. The zero-order valence-electron chi connectivity index (χ0n) is 17.2. The van der Waals surface area contributed by atoms with Gasteiger partial charge in [-0.1, -0.05) is 65.8 Å². The number of anilines is 1.